The summed E-state index contributed by atoms with van der Waals surface area (Å²) >= 11 is 0. The summed E-state index contributed by atoms with van der Waals surface area (Å²) in [7, 11) is 0. The van der Waals surface area contributed by atoms with E-state index in [-0.39, 0.29) is 18.8 Å². The lowest BCUT2D eigenvalue weighted by Gasteiger charge is -2.37. The van der Waals surface area contributed by atoms with Gasteiger partial charge >= 0.3 is 0 Å². The molecule has 3 N–H and O–H groups in total. The molecule has 0 amide bonds. The van der Waals surface area contributed by atoms with Gasteiger partial charge in [0.25, 0.3) is 0 Å². The van der Waals surface area contributed by atoms with E-state index >= 15 is 0 Å². The number of carbonyl (C=O) groups excluding carboxylic acids is 1. The Balaban J connectivity index is 1.89. The Hall–Kier alpha value is -2.05. The predicted molar refractivity (Wildman–Crippen MR) is 93.2 cm³/mol. The molecule has 0 unspecified atom stereocenters. The second kappa shape index (κ2) is 7.45. The zero-order valence-electron chi connectivity index (χ0n) is 14.0. The fraction of sp³-hybridized carbons (Fsp3) is 0.350. The monoisotopic (exact) mass is 342 g/mol. The van der Waals surface area contributed by atoms with Gasteiger partial charge in [-0.15, -0.1) is 0 Å². The molecule has 0 bridgehead atoms. The molecule has 5 heteroatoms. The average Bonchev–Trinajstić information content (AvgIpc) is 2.64. The van der Waals surface area contributed by atoms with Gasteiger partial charge < -0.3 is 20.1 Å². The molecule has 1 fully saturated rings. The summed E-state index contributed by atoms with van der Waals surface area (Å²) in [4.78, 5) is 11.4. The van der Waals surface area contributed by atoms with Crippen LogP contribution in [-0.2, 0) is 4.74 Å². The first kappa shape index (κ1) is 17.8. The maximum absolute atomic E-state index is 11.4. The van der Waals surface area contributed by atoms with Crippen molar-refractivity contribution in [2.24, 2.45) is 0 Å². The third kappa shape index (κ3) is 3.80. The summed E-state index contributed by atoms with van der Waals surface area (Å²) < 4.78 is 5.74. The number of ketones is 1. The second-order valence-corrected chi connectivity index (χ2v) is 6.41. The maximum atomic E-state index is 11.4. The third-order valence-electron chi connectivity index (χ3n) is 4.59. The van der Waals surface area contributed by atoms with E-state index in [1.54, 1.807) is 12.1 Å². The lowest BCUT2D eigenvalue weighted by atomic mass is 9.91. The fourth-order valence-electron chi connectivity index (χ4n) is 3.14. The van der Waals surface area contributed by atoms with Crippen LogP contribution in [-0.4, -0.2) is 46.0 Å². The molecule has 0 spiro atoms. The highest BCUT2D eigenvalue weighted by Gasteiger charge is 2.37. The van der Waals surface area contributed by atoms with Crippen LogP contribution in [0.4, 0.5) is 0 Å². The fourth-order valence-corrected chi connectivity index (χ4v) is 3.14. The third-order valence-corrected chi connectivity index (χ3v) is 4.59. The van der Waals surface area contributed by atoms with Crippen molar-refractivity contribution in [3.8, 4) is 11.1 Å². The summed E-state index contributed by atoms with van der Waals surface area (Å²) in [5, 5.41) is 29.6. The summed E-state index contributed by atoms with van der Waals surface area (Å²) in [5.74, 6) is 0.0167. The molecule has 0 aromatic heterocycles. The standard InChI is InChI=1S/C20H22O5/c1-12(22)13-5-7-14(8-6-13)15-3-2-4-16(9-15)20-19(24)18(23)10-17(11-21)25-20/h2-9,17-21,23-24H,10-11H2,1H3/t17-,18-,19-,20+/m0/s1. The summed E-state index contributed by atoms with van der Waals surface area (Å²) in [6.07, 6.45) is -2.97. The number of ether oxygens (including phenoxy) is 1. The molecule has 1 heterocycles. The maximum Gasteiger partial charge on any atom is 0.159 e. The van der Waals surface area contributed by atoms with Crippen LogP contribution in [0.3, 0.4) is 0 Å². The van der Waals surface area contributed by atoms with Crippen molar-refractivity contribution < 1.29 is 24.9 Å². The number of hydrogen-bond acceptors (Lipinski definition) is 5. The second-order valence-electron chi connectivity index (χ2n) is 6.41. The highest BCUT2D eigenvalue weighted by atomic mass is 16.5. The zero-order valence-corrected chi connectivity index (χ0v) is 14.0. The van der Waals surface area contributed by atoms with Gasteiger partial charge in [-0.1, -0.05) is 42.5 Å². The number of hydrogen-bond donors (Lipinski definition) is 3. The van der Waals surface area contributed by atoms with Crippen molar-refractivity contribution in [3.05, 3.63) is 59.7 Å². The van der Waals surface area contributed by atoms with Crippen molar-refractivity contribution in [1.82, 2.24) is 0 Å². The van der Waals surface area contributed by atoms with Crippen LogP contribution in [0.15, 0.2) is 48.5 Å². The van der Waals surface area contributed by atoms with Gasteiger partial charge in [0.15, 0.2) is 5.78 Å². The summed E-state index contributed by atoms with van der Waals surface area (Å²) in [6.45, 7) is 1.33. The molecule has 3 rings (SSSR count). The lowest BCUT2D eigenvalue weighted by molar-refractivity contribution is -0.179. The highest BCUT2D eigenvalue weighted by molar-refractivity contribution is 5.94. The molecule has 132 valence electrons. The van der Waals surface area contributed by atoms with E-state index in [0.29, 0.717) is 5.56 Å². The minimum atomic E-state index is -1.04. The van der Waals surface area contributed by atoms with Crippen molar-refractivity contribution in [2.75, 3.05) is 6.61 Å². The zero-order chi connectivity index (χ0) is 18.0. The van der Waals surface area contributed by atoms with Gasteiger partial charge in [0.05, 0.1) is 18.8 Å². The molecule has 2 aromatic rings. The molecule has 4 atom stereocenters. The largest absolute Gasteiger partial charge is 0.394 e. The van der Waals surface area contributed by atoms with Crippen LogP contribution in [0.2, 0.25) is 0 Å². The summed E-state index contributed by atoms with van der Waals surface area (Å²) in [5.41, 5.74) is 3.25. The Morgan fingerprint density at radius 3 is 2.48 bits per heavy atom. The van der Waals surface area contributed by atoms with Gasteiger partial charge in [0.2, 0.25) is 0 Å². The van der Waals surface area contributed by atoms with Gasteiger partial charge in [-0.25, -0.2) is 0 Å². The van der Waals surface area contributed by atoms with Crippen LogP contribution >= 0.6 is 0 Å². The van der Waals surface area contributed by atoms with E-state index in [1.807, 2.05) is 36.4 Å². The van der Waals surface area contributed by atoms with E-state index in [9.17, 15) is 20.1 Å². The van der Waals surface area contributed by atoms with E-state index < -0.39 is 24.4 Å². The van der Waals surface area contributed by atoms with E-state index in [0.717, 1.165) is 16.7 Å². The predicted octanol–water partition coefficient (Wildman–Crippen LogP) is 2.10. The minimum Gasteiger partial charge on any atom is -0.394 e. The molecule has 25 heavy (non-hydrogen) atoms. The van der Waals surface area contributed by atoms with Crippen LogP contribution in [0.25, 0.3) is 11.1 Å². The van der Waals surface area contributed by atoms with Crippen LogP contribution in [0.1, 0.15) is 35.4 Å². The Labute approximate surface area is 146 Å². The molecule has 1 aliphatic rings. The average molecular weight is 342 g/mol. The first-order chi connectivity index (χ1) is 12.0. The first-order valence-electron chi connectivity index (χ1n) is 8.33. The normalized spacial score (nSPS) is 26.4. The van der Waals surface area contributed by atoms with Crippen molar-refractivity contribution >= 4 is 5.78 Å². The lowest BCUT2D eigenvalue weighted by Crippen LogP contribution is -2.44. The van der Waals surface area contributed by atoms with Crippen LogP contribution in [0.5, 0.6) is 0 Å². The molecule has 0 aliphatic carbocycles. The van der Waals surface area contributed by atoms with Crippen molar-refractivity contribution in [1.29, 1.82) is 0 Å². The highest BCUT2D eigenvalue weighted by Crippen LogP contribution is 2.33. The number of carbonyl (C=O) groups is 1. The molecule has 1 saturated heterocycles. The van der Waals surface area contributed by atoms with Crippen LogP contribution in [0, 0.1) is 0 Å². The Kier molecular flexibility index (Phi) is 5.30. The van der Waals surface area contributed by atoms with E-state index in [4.69, 9.17) is 4.74 Å². The minimum absolute atomic E-state index is 0.0167. The molecular formula is C20H22O5. The molecular weight excluding hydrogens is 320 g/mol. The van der Waals surface area contributed by atoms with Crippen molar-refractivity contribution in [2.45, 2.75) is 37.8 Å². The number of rotatable bonds is 4. The van der Waals surface area contributed by atoms with Gasteiger partial charge in [0, 0.05) is 12.0 Å². The van der Waals surface area contributed by atoms with Gasteiger partial charge in [-0.05, 0) is 29.7 Å². The van der Waals surface area contributed by atoms with Gasteiger partial charge in [-0.2, -0.15) is 0 Å². The molecule has 2 aromatic carbocycles. The number of benzene rings is 2. The summed E-state index contributed by atoms with van der Waals surface area (Å²) in [6, 6.07) is 14.8. The smallest absolute Gasteiger partial charge is 0.159 e. The number of Topliss-reactive ketones (excluding diaryl/α,β-unsaturated/α-hetero) is 1. The number of aliphatic hydroxyl groups excluding tert-OH is 3. The molecule has 0 saturated carbocycles. The Bertz CT molecular complexity index is 740. The topological polar surface area (TPSA) is 87.0 Å². The van der Waals surface area contributed by atoms with Gasteiger partial charge in [-0.3, -0.25) is 4.79 Å². The van der Waals surface area contributed by atoms with E-state index in [2.05, 4.69) is 0 Å². The Morgan fingerprint density at radius 2 is 1.84 bits per heavy atom. The number of aliphatic hydroxyl groups is 3. The molecule has 0 radical (unpaired) electrons. The molecule has 1 aliphatic heterocycles. The Morgan fingerprint density at radius 1 is 1.12 bits per heavy atom. The van der Waals surface area contributed by atoms with E-state index in [1.165, 1.54) is 6.92 Å². The first-order valence-corrected chi connectivity index (χ1v) is 8.33. The van der Waals surface area contributed by atoms with Crippen LogP contribution < -0.4 is 0 Å². The van der Waals surface area contributed by atoms with Gasteiger partial charge in [0.1, 0.15) is 12.2 Å². The quantitative estimate of drug-likeness (QED) is 0.741. The molecule has 5 nitrogen and oxygen atoms in total. The SMILES string of the molecule is CC(=O)c1ccc(-c2cccc([C@H]3O[C@H](CO)C[C@H](O)[C@@H]3O)c2)cc1. The van der Waals surface area contributed by atoms with Crippen molar-refractivity contribution in [3.63, 3.8) is 0 Å².